The molecular formula is C11H7Cl6N3O. The number of rotatable bonds is 2. The molecule has 1 N–H and O–H groups in total. The van der Waals surface area contributed by atoms with Crippen LogP contribution in [0, 0.1) is 0 Å². The predicted octanol–water partition coefficient (Wildman–Crippen LogP) is 5.05. The van der Waals surface area contributed by atoms with Gasteiger partial charge in [-0.15, -0.1) is 0 Å². The summed E-state index contributed by atoms with van der Waals surface area (Å²) in [5.41, 5.74) is 3.35. The minimum Gasteiger partial charge on any atom is -0.465 e. The molecule has 1 aromatic rings. The van der Waals surface area contributed by atoms with Crippen molar-refractivity contribution < 1.29 is 4.42 Å². The number of hydrogen-bond donors (Lipinski definition) is 1. The van der Waals surface area contributed by atoms with Gasteiger partial charge in [0.1, 0.15) is 11.5 Å². The molecular weight excluding hydrogens is 403 g/mol. The van der Waals surface area contributed by atoms with E-state index in [1.54, 1.807) is 30.5 Å². The Hall–Kier alpha value is -0.230. The van der Waals surface area contributed by atoms with E-state index in [4.69, 9.17) is 74.0 Å². The van der Waals surface area contributed by atoms with Crippen molar-refractivity contribution >= 4 is 81.4 Å². The van der Waals surface area contributed by atoms with Gasteiger partial charge < -0.3 is 4.42 Å². The van der Waals surface area contributed by atoms with Crippen LogP contribution in [-0.2, 0) is 0 Å². The largest absolute Gasteiger partial charge is 0.465 e. The number of allylic oxidation sites excluding steroid dienone is 2. The first kappa shape index (κ1) is 17.1. The zero-order valence-electron chi connectivity index (χ0n) is 10.0. The number of halogens is 6. The Kier molecular flexibility index (Phi) is 5.29. The van der Waals surface area contributed by atoms with Gasteiger partial charge in [0.15, 0.2) is 0 Å². The van der Waals surface area contributed by atoms with Gasteiger partial charge in [-0.3, -0.25) is 5.43 Å². The lowest BCUT2D eigenvalue weighted by atomic mass is 10.2. The highest BCUT2D eigenvalue weighted by Gasteiger charge is 2.36. The summed E-state index contributed by atoms with van der Waals surface area (Å²) in [5.74, 6) is 0.635. The van der Waals surface area contributed by atoms with Crippen LogP contribution in [0.1, 0.15) is 5.76 Å². The highest BCUT2D eigenvalue weighted by molar-refractivity contribution is 6.77. The maximum atomic E-state index is 5.82. The lowest BCUT2D eigenvalue weighted by Gasteiger charge is -2.32. The summed E-state index contributed by atoms with van der Waals surface area (Å²) in [7, 11) is 0. The van der Waals surface area contributed by atoms with Gasteiger partial charge in [-0.25, -0.2) is 0 Å². The van der Waals surface area contributed by atoms with Crippen molar-refractivity contribution in [2.24, 2.45) is 5.10 Å². The van der Waals surface area contributed by atoms with Gasteiger partial charge in [0, 0.05) is 0 Å². The fourth-order valence-corrected chi connectivity index (χ4v) is 1.88. The van der Waals surface area contributed by atoms with E-state index in [1.807, 2.05) is 0 Å². The van der Waals surface area contributed by atoms with Crippen molar-refractivity contribution in [2.45, 2.75) is 7.71 Å². The number of nitrogens with zero attached hydrogens (tertiary/aromatic N) is 2. The fourth-order valence-electron chi connectivity index (χ4n) is 1.37. The lowest BCUT2D eigenvalue weighted by Crippen LogP contribution is -2.45. The molecule has 10 heteroatoms. The van der Waals surface area contributed by atoms with E-state index in [0.29, 0.717) is 11.5 Å². The molecule has 0 aromatic carbocycles. The van der Waals surface area contributed by atoms with E-state index in [2.05, 4.69) is 10.5 Å². The molecule has 0 atom stereocenters. The topological polar surface area (TPSA) is 40.8 Å². The summed E-state index contributed by atoms with van der Waals surface area (Å²) in [6.07, 6.45) is 6.41. The third kappa shape index (κ3) is 4.88. The summed E-state index contributed by atoms with van der Waals surface area (Å²) in [4.78, 5) is 0. The normalized spacial score (nSPS) is 16.8. The van der Waals surface area contributed by atoms with E-state index >= 15 is 0 Å². The molecule has 0 spiro atoms. The molecule has 0 saturated carbocycles. The van der Waals surface area contributed by atoms with Gasteiger partial charge in [-0.1, -0.05) is 69.6 Å². The van der Waals surface area contributed by atoms with E-state index in [9.17, 15) is 0 Å². The number of hydrogen-bond acceptors (Lipinski definition) is 4. The van der Waals surface area contributed by atoms with Crippen molar-refractivity contribution in [3.05, 3.63) is 42.0 Å². The molecule has 2 heterocycles. The van der Waals surface area contributed by atoms with Crippen LogP contribution in [0.5, 0.6) is 0 Å². The van der Waals surface area contributed by atoms with Crippen LogP contribution < -0.4 is 5.43 Å². The third-order valence-corrected chi connectivity index (χ3v) is 3.30. The van der Waals surface area contributed by atoms with E-state index < -0.39 is 7.71 Å². The quantitative estimate of drug-likeness (QED) is 0.548. The van der Waals surface area contributed by atoms with Crippen LogP contribution in [0.3, 0.4) is 0 Å². The Balaban J connectivity index is 2.29. The summed E-state index contributed by atoms with van der Waals surface area (Å²) in [5, 5.41) is 4.89. The molecule has 114 valence electrons. The Morgan fingerprint density at radius 2 is 1.86 bits per heavy atom. The highest BCUT2D eigenvalue weighted by atomic mass is 35.6. The first-order valence-electron chi connectivity index (χ1n) is 5.39. The molecule has 1 aromatic heterocycles. The molecule has 0 unspecified atom stereocenters. The maximum Gasteiger partial charge on any atom is 0.301 e. The monoisotopic (exact) mass is 407 g/mol. The smallest absolute Gasteiger partial charge is 0.301 e. The van der Waals surface area contributed by atoms with Crippen molar-refractivity contribution in [3.63, 3.8) is 0 Å². The Labute approximate surface area is 150 Å². The predicted molar refractivity (Wildman–Crippen MR) is 88.8 cm³/mol. The zero-order chi connectivity index (χ0) is 15.7. The molecule has 1 aliphatic rings. The Morgan fingerprint density at radius 3 is 2.38 bits per heavy atom. The summed E-state index contributed by atoms with van der Waals surface area (Å²) in [6.45, 7) is 0. The van der Waals surface area contributed by atoms with Gasteiger partial charge in [-0.2, -0.15) is 10.2 Å². The van der Waals surface area contributed by atoms with Gasteiger partial charge in [-0.05, 0) is 30.4 Å². The molecule has 1 aliphatic heterocycles. The summed E-state index contributed by atoms with van der Waals surface area (Å²) < 4.78 is 1.54. The molecule has 0 fully saturated rings. The Morgan fingerprint density at radius 1 is 1.14 bits per heavy atom. The average Bonchev–Trinajstić information content (AvgIpc) is 2.87. The summed E-state index contributed by atoms with van der Waals surface area (Å²) in [6, 6.07) is 3.53. The molecule has 0 radical (unpaired) electrons. The van der Waals surface area contributed by atoms with Crippen LogP contribution in [0.4, 0.5) is 0 Å². The second-order valence-corrected chi connectivity index (χ2v) is 8.33. The molecule has 4 nitrogen and oxygen atoms in total. The number of hydrazone groups is 1. The van der Waals surface area contributed by atoms with Gasteiger partial charge in [0.25, 0.3) is 0 Å². The first-order valence-corrected chi connectivity index (χ1v) is 7.66. The van der Waals surface area contributed by atoms with Crippen LogP contribution in [0.25, 0.3) is 6.08 Å². The van der Waals surface area contributed by atoms with Crippen molar-refractivity contribution in [1.29, 1.82) is 0 Å². The highest BCUT2D eigenvalue weighted by Crippen LogP contribution is 2.35. The zero-order valence-corrected chi connectivity index (χ0v) is 14.6. The number of hydrazine groups is 1. The molecule has 0 saturated heterocycles. The second kappa shape index (κ2) is 6.49. The molecule has 2 rings (SSSR count). The lowest BCUT2D eigenvalue weighted by molar-refractivity contribution is 0.221. The summed E-state index contributed by atoms with van der Waals surface area (Å²) >= 11 is 34.8. The third-order valence-electron chi connectivity index (χ3n) is 2.24. The van der Waals surface area contributed by atoms with E-state index in [1.165, 1.54) is 6.08 Å². The Bertz CT molecular complexity index is 582. The van der Waals surface area contributed by atoms with Crippen LogP contribution in [-0.4, -0.2) is 18.5 Å². The van der Waals surface area contributed by atoms with Gasteiger partial charge in [0.05, 0.1) is 12.0 Å². The van der Waals surface area contributed by atoms with Crippen LogP contribution >= 0.6 is 69.6 Å². The fraction of sp³-hybridized carbons (Fsp3) is 0.182. The number of nitrogens with one attached hydrogen (secondary N) is 1. The van der Waals surface area contributed by atoms with Crippen molar-refractivity contribution in [3.8, 4) is 0 Å². The van der Waals surface area contributed by atoms with E-state index in [-0.39, 0.29) is 5.71 Å². The van der Waals surface area contributed by atoms with Crippen LogP contribution in [0.15, 0.2) is 45.8 Å². The molecule has 0 bridgehead atoms. The molecule has 21 heavy (non-hydrogen) atoms. The maximum absolute atomic E-state index is 5.82. The van der Waals surface area contributed by atoms with Crippen LogP contribution in [0.2, 0.25) is 0 Å². The number of alkyl halides is 6. The molecule has 0 aliphatic carbocycles. The average molecular weight is 410 g/mol. The first-order chi connectivity index (χ1) is 9.66. The minimum absolute atomic E-state index is 0.0941. The minimum atomic E-state index is -1.86. The number of furan rings is 1. The van der Waals surface area contributed by atoms with Gasteiger partial charge in [0.2, 0.25) is 3.79 Å². The van der Waals surface area contributed by atoms with Crippen molar-refractivity contribution in [2.75, 3.05) is 0 Å². The SMILES string of the molecule is ClC(Cl)(Cl)C1=NN(C(Cl)(Cl)Cl)NC(C=Cc2ccco2)=C1. The van der Waals surface area contributed by atoms with Gasteiger partial charge >= 0.3 is 3.92 Å². The molecule has 0 amide bonds. The van der Waals surface area contributed by atoms with E-state index in [0.717, 1.165) is 5.12 Å². The second-order valence-electron chi connectivity index (χ2n) is 3.82. The van der Waals surface area contributed by atoms with Crippen molar-refractivity contribution in [1.82, 2.24) is 10.5 Å². The standard InChI is InChI=1S/C11H7Cl6N3O/c12-10(13,14)9-6-7(3-4-8-2-1-5-21-8)18-20(19-9)11(15,16)17/h1-6,18H.